The Balaban J connectivity index is 2.44. The van der Waals surface area contributed by atoms with Gasteiger partial charge in [-0.15, -0.1) is 0 Å². The number of aliphatic hydroxyl groups excluding tert-OH is 1. The first-order valence-electron chi connectivity index (χ1n) is 4.80. The predicted molar refractivity (Wildman–Crippen MR) is 61.3 cm³/mol. The molecule has 1 heterocycles. The van der Waals surface area contributed by atoms with Gasteiger partial charge in [-0.3, -0.25) is 4.68 Å². The quantitative estimate of drug-likeness (QED) is 0.866. The van der Waals surface area contributed by atoms with Crippen LogP contribution >= 0.6 is 15.9 Å². The van der Waals surface area contributed by atoms with Crippen LogP contribution in [0.15, 0.2) is 29.0 Å². The van der Waals surface area contributed by atoms with Crippen molar-refractivity contribution in [2.75, 3.05) is 0 Å². The second kappa shape index (κ2) is 4.54. The molecule has 3 nitrogen and oxygen atoms in total. The van der Waals surface area contributed by atoms with E-state index < -0.39 is 17.7 Å². The average Bonchev–Trinajstić information content (AvgIpc) is 2.72. The van der Waals surface area contributed by atoms with Gasteiger partial charge >= 0.3 is 0 Å². The highest BCUT2D eigenvalue weighted by atomic mass is 79.9. The number of aryl methyl sites for hydroxylation is 1. The topological polar surface area (TPSA) is 38.0 Å². The van der Waals surface area contributed by atoms with Crippen LogP contribution in [0.4, 0.5) is 8.78 Å². The SMILES string of the molecule is Cn1cc(C(O)c2ccc(F)c(F)c2Br)cn1. The molecule has 0 radical (unpaired) electrons. The Morgan fingerprint density at radius 2 is 2.12 bits per heavy atom. The van der Waals surface area contributed by atoms with Gasteiger partial charge in [-0.25, -0.2) is 8.78 Å². The molecule has 0 saturated heterocycles. The first-order valence-corrected chi connectivity index (χ1v) is 5.60. The molecule has 0 bridgehead atoms. The lowest BCUT2D eigenvalue weighted by Crippen LogP contribution is -2.02. The van der Waals surface area contributed by atoms with Crippen molar-refractivity contribution in [2.24, 2.45) is 7.05 Å². The van der Waals surface area contributed by atoms with Gasteiger partial charge < -0.3 is 5.11 Å². The molecule has 0 saturated carbocycles. The Labute approximate surface area is 105 Å². The minimum atomic E-state index is -1.05. The number of rotatable bonds is 2. The van der Waals surface area contributed by atoms with Crippen LogP contribution in [0.1, 0.15) is 17.2 Å². The third kappa shape index (κ3) is 2.23. The molecule has 0 fully saturated rings. The van der Waals surface area contributed by atoms with Crippen molar-refractivity contribution in [1.29, 1.82) is 0 Å². The zero-order valence-corrected chi connectivity index (χ0v) is 10.4. The molecule has 2 aromatic rings. The lowest BCUT2D eigenvalue weighted by atomic mass is 10.0. The molecule has 17 heavy (non-hydrogen) atoms. The van der Waals surface area contributed by atoms with Crippen molar-refractivity contribution in [3.8, 4) is 0 Å². The first-order chi connectivity index (χ1) is 8.00. The standard InChI is InChI=1S/C11H9BrF2N2O/c1-16-5-6(4-15-16)11(17)7-2-3-8(13)10(14)9(7)12/h2-5,11,17H,1H3. The molecule has 1 aromatic carbocycles. The minimum absolute atomic E-state index is 0.0751. The van der Waals surface area contributed by atoms with E-state index in [1.807, 2.05) is 0 Å². The van der Waals surface area contributed by atoms with Crippen LogP contribution in [0, 0.1) is 11.6 Å². The van der Waals surface area contributed by atoms with Gasteiger partial charge in [-0.1, -0.05) is 6.07 Å². The predicted octanol–water partition coefficient (Wildman–Crippen LogP) is 2.54. The van der Waals surface area contributed by atoms with Crippen molar-refractivity contribution >= 4 is 15.9 Å². The zero-order valence-electron chi connectivity index (χ0n) is 8.86. The van der Waals surface area contributed by atoms with Gasteiger partial charge in [0.15, 0.2) is 11.6 Å². The van der Waals surface area contributed by atoms with Crippen LogP contribution in [0.2, 0.25) is 0 Å². The summed E-state index contributed by atoms with van der Waals surface area (Å²) in [5.74, 6) is -1.97. The van der Waals surface area contributed by atoms with E-state index in [9.17, 15) is 13.9 Å². The number of benzene rings is 1. The summed E-state index contributed by atoms with van der Waals surface area (Å²) in [4.78, 5) is 0. The van der Waals surface area contributed by atoms with Gasteiger partial charge in [-0.2, -0.15) is 5.10 Å². The number of hydrogen-bond acceptors (Lipinski definition) is 2. The van der Waals surface area contributed by atoms with Gasteiger partial charge in [0, 0.05) is 24.4 Å². The van der Waals surface area contributed by atoms with E-state index in [-0.39, 0.29) is 10.0 Å². The molecular weight excluding hydrogens is 294 g/mol. The highest BCUT2D eigenvalue weighted by Crippen LogP contribution is 2.31. The normalized spacial score (nSPS) is 12.8. The van der Waals surface area contributed by atoms with E-state index in [2.05, 4.69) is 21.0 Å². The molecule has 0 aliphatic carbocycles. The largest absolute Gasteiger partial charge is 0.383 e. The third-order valence-corrected chi connectivity index (χ3v) is 3.21. The molecule has 1 N–H and O–H groups in total. The van der Waals surface area contributed by atoms with Crippen molar-refractivity contribution in [2.45, 2.75) is 6.10 Å². The van der Waals surface area contributed by atoms with Crippen molar-refractivity contribution in [3.63, 3.8) is 0 Å². The maximum absolute atomic E-state index is 13.3. The van der Waals surface area contributed by atoms with E-state index in [0.717, 1.165) is 6.07 Å². The van der Waals surface area contributed by atoms with Crippen LogP contribution in [-0.2, 0) is 7.05 Å². The Kier molecular flexibility index (Phi) is 3.26. The molecule has 0 amide bonds. The Hall–Kier alpha value is -1.27. The molecule has 0 aliphatic heterocycles. The number of aromatic nitrogens is 2. The summed E-state index contributed by atoms with van der Waals surface area (Å²) in [6.07, 6.45) is 2.03. The molecule has 6 heteroatoms. The van der Waals surface area contributed by atoms with Crippen molar-refractivity contribution in [1.82, 2.24) is 9.78 Å². The van der Waals surface area contributed by atoms with Crippen LogP contribution < -0.4 is 0 Å². The fourth-order valence-corrected chi connectivity index (χ4v) is 2.05. The average molecular weight is 303 g/mol. The van der Waals surface area contributed by atoms with Gasteiger partial charge in [0.1, 0.15) is 6.10 Å². The van der Waals surface area contributed by atoms with Gasteiger partial charge in [0.2, 0.25) is 0 Å². The second-order valence-corrected chi connectivity index (χ2v) is 4.41. The van der Waals surface area contributed by atoms with E-state index in [1.165, 1.54) is 16.9 Å². The van der Waals surface area contributed by atoms with E-state index in [4.69, 9.17) is 0 Å². The molecule has 0 spiro atoms. The van der Waals surface area contributed by atoms with Gasteiger partial charge in [-0.05, 0) is 22.0 Å². The monoisotopic (exact) mass is 302 g/mol. The van der Waals surface area contributed by atoms with Crippen LogP contribution in [0.3, 0.4) is 0 Å². The molecule has 90 valence electrons. The van der Waals surface area contributed by atoms with Gasteiger partial charge in [0.25, 0.3) is 0 Å². The summed E-state index contributed by atoms with van der Waals surface area (Å²) >= 11 is 2.93. The lowest BCUT2D eigenvalue weighted by Gasteiger charge is -2.11. The third-order valence-electron chi connectivity index (χ3n) is 2.40. The Bertz CT molecular complexity index is 556. The number of aliphatic hydroxyl groups is 1. The summed E-state index contributed by atoms with van der Waals surface area (Å²) in [7, 11) is 1.70. The maximum atomic E-state index is 13.3. The Morgan fingerprint density at radius 1 is 1.41 bits per heavy atom. The minimum Gasteiger partial charge on any atom is -0.383 e. The summed E-state index contributed by atoms with van der Waals surface area (Å²) in [5.41, 5.74) is 0.774. The van der Waals surface area contributed by atoms with Crippen molar-refractivity contribution < 1.29 is 13.9 Å². The summed E-state index contributed by atoms with van der Waals surface area (Å²) in [6.45, 7) is 0. The highest BCUT2D eigenvalue weighted by molar-refractivity contribution is 9.10. The highest BCUT2D eigenvalue weighted by Gasteiger charge is 2.19. The van der Waals surface area contributed by atoms with E-state index in [1.54, 1.807) is 13.2 Å². The molecule has 2 rings (SSSR count). The van der Waals surface area contributed by atoms with Gasteiger partial charge in [0.05, 0.1) is 10.7 Å². The molecule has 1 aromatic heterocycles. The number of hydrogen-bond donors (Lipinski definition) is 1. The summed E-state index contributed by atoms with van der Waals surface area (Å²) < 4.78 is 27.7. The summed E-state index contributed by atoms with van der Waals surface area (Å²) in [5, 5.41) is 13.9. The van der Waals surface area contributed by atoms with Crippen LogP contribution in [0.25, 0.3) is 0 Å². The first kappa shape index (κ1) is 12.2. The summed E-state index contributed by atoms with van der Waals surface area (Å²) in [6, 6.07) is 2.31. The van der Waals surface area contributed by atoms with Crippen LogP contribution in [-0.4, -0.2) is 14.9 Å². The van der Waals surface area contributed by atoms with E-state index >= 15 is 0 Å². The fourth-order valence-electron chi connectivity index (χ4n) is 1.51. The maximum Gasteiger partial charge on any atom is 0.173 e. The molecule has 1 unspecified atom stereocenters. The second-order valence-electron chi connectivity index (χ2n) is 3.61. The van der Waals surface area contributed by atoms with Crippen LogP contribution in [0.5, 0.6) is 0 Å². The smallest absolute Gasteiger partial charge is 0.173 e. The zero-order chi connectivity index (χ0) is 12.6. The van der Waals surface area contributed by atoms with Crippen molar-refractivity contribution in [3.05, 3.63) is 51.8 Å². The number of halogens is 3. The lowest BCUT2D eigenvalue weighted by molar-refractivity contribution is 0.218. The molecule has 0 aliphatic rings. The molecule has 1 atom stereocenters. The van der Waals surface area contributed by atoms with E-state index in [0.29, 0.717) is 5.56 Å². The Morgan fingerprint density at radius 3 is 2.71 bits per heavy atom. The number of nitrogens with zero attached hydrogens (tertiary/aromatic N) is 2. The molecular formula is C11H9BrF2N2O. The fraction of sp³-hybridized carbons (Fsp3) is 0.182.